The molecule has 3 aromatic carbocycles. The first-order valence-corrected chi connectivity index (χ1v) is 11.5. The number of sulfonamides is 1. The van der Waals surface area contributed by atoms with E-state index in [1.54, 1.807) is 25.1 Å². The summed E-state index contributed by atoms with van der Waals surface area (Å²) in [4.78, 5) is 12.5. The number of amides is 1. The standard InChI is InChI=1S/C22H19Cl2FN2O3S/c1-3-27(16-6-4-5-14(2)11-16)31(29,30)17-8-9-20(25)18(13-17)22(28)26-21-10-7-15(23)12-19(21)24/h4-13H,3H2,1-2H3,(H,26,28). The van der Waals surface area contributed by atoms with Gasteiger partial charge >= 0.3 is 0 Å². The third-order valence-electron chi connectivity index (χ3n) is 4.53. The number of benzene rings is 3. The molecule has 162 valence electrons. The molecule has 0 unspecified atom stereocenters. The number of carbonyl (C=O) groups is 1. The molecule has 0 radical (unpaired) electrons. The lowest BCUT2D eigenvalue weighted by atomic mass is 10.2. The largest absolute Gasteiger partial charge is 0.321 e. The van der Waals surface area contributed by atoms with E-state index in [-0.39, 0.29) is 22.2 Å². The van der Waals surface area contributed by atoms with Crippen molar-refractivity contribution in [3.8, 4) is 0 Å². The zero-order chi connectivity index (χ0) is 22.8. The maximum absolute atomic E-state index is 14.4. The molecule has 1 N–H and O–H groups in total. The Morgan fingerprint density at radius 3 is 2.45 bits per heavy atom. The highest BCUT2D eigenvalue weighted by atomic mass is 35.5. The molecule has 0 saturated heterocycles. The van der Waals surface area contributed by atoms with Crippen molar-refractivity contribution in [2.24, 2.45) is 0 Å². The Hall–Kier alpha value is -2.61. The highest BCUT2D eigenvalue weighted by Crippen LogP contribution is 2.28. The molecule has 3 rings (SSSR count). The summed E-state index contributed by atoms with van der Waals surface area (Å²) < 4.78 is 42.1. The lowest BCUT2D eigenvalue weighted by Gasteiger charge is -2.23. The van der Waals surface area contributed by atoms with Crippen molar-refractivity contribution in [1.29, 1.82) is 0 Å². The topological polar surface area (TPSA) is 66.5 Å². The van der Waals surface area contributed by atoms with E-state index in [4.69, 9.17) is 23.2 Å². The van der Waals surface area contributed by atoms with Gasteiger partial charge in [0, 0.05) is 11.6 Å². The van der Waals surface area contributed by atoms with Gasteiger partial charge in [-0.15, -0.1) is 0 Å². The van der Waals surface area contributed by atoms with Gasteiger partial charge in [0.2, 0.25) is 0 Å². The summed E-state index contributed by atoms with van der Waals surface area (Å²) in [5, 5.41) is 3.02. The van der Waals surface area contributed by atoms with Crippen molar-refractivity contribution in [2.45, 2.75) is 18.7 Å². The molecular weight excluding hydrogens is 462 g/mol. The van der Waals surface area contributed by atoms with Gasteiger partial charge < -0.3 is 5.32 Å². The number of hydrogen-bond donors (Lipinski definition) is 1. The molecular formula is C22H19Cl2FN2O3S. The van der Waals surface area contributed by atoms with E-state index in [9.17, 15) is 17.6 Å². The Bertz CT molecular complexity index is 1250. The van der Waals surface area contributed by atoms with Crippen molar-refractivity contribution in [3.05, 3.63) is 87.7 Å². The summed E-state index contributed by atoms with van der Waals surface area (Å²) in [7, 11) is -4.04. The van der Waals surface area contributed by atoms with Crippen LogP contribution in [0.15, 0.2) is 65.6 Å². The van der Waals surface area contributed by atoms with Gasteiger partial charge in [-0.1, -0.05) is 35.3 Å². The van der Waals surface area contributed by atoms with Crippen molar-refractivity contribution < 1.29 is 17.6 Å². The van der Waals surface area contributed by atoms with E-state index in [1.807, 2.05) is 13.0 Å². The van der Waals surface area contributed by atoms with Gasteiger partial charge in [0.15, 0.2) is 0 Å². The van der Waals surface area contributed by atoms with Crippen LogP contribution in [0, 0.1) is 12.7 Å². The number of halogens is 3. The van der Waals surface area contributed by atoms with Gasteiger partial charge in [-0.3, -0.25) is 9.10 Å². The fraction of sp³-hybridized carbons (Fsp3) is 0.136. The van der Waals surface area contributed by atoms with E-state index in [1.165, 1.54) is 22.5 Å². The van der Waals surface area contributed by atoms with Crippen LogP contribution >= 0.6 is 23.2 Å². The molecule has 0 aliphatic heterocycles. The third-order valence-corrected chi connectivity index (χ3v) is 6.97. The predicted octanol–water partition coefficient (Wildman–Crippen LogP) is 5.91. The van der Waals surface area contributed by atoms with Crippen LogP contribution in [-0.2, 0) is 10.0 Å². The van der Waals surface area contributed by atoms with Gasteiger partial charge in [-0.25, -0.2) is 12.8 Å². The molecule has 0 atom stereocenters. The highest BCUT2D eigenvalue weighted by molar-refractivity contribution is 7.92. The second kappa shape index (κ2) is 9.26. The molecule has 3 aromatic rings. The second-order valence-electron chi connectivity index (χ2n) is 6.73. The average molecular weight is 481 g/mol. The minimum atomic E-state index is -4.04. The number of nitrogens with one attached hydrogen (secondary N) is 1. The van der Waals surface area contributed by atoms with Crippen LogP contribution in [0.1, 0.15) is 22.8 Å². The number of nitrogens with zero attached hydrogens (tertiary/aromatic N) is 1. The fourth-order valence-corrected chi connectivity index (χ4v) is 4.97. The van der Waals surface area contributed by atoms with Crippen molar-refractivity contribution >= 4 is 50.5 Å². The van der Waals surface area contributed by atoms with Gasteiger partial charge in [0.05, 0.1) is 26.9 Å². The third kappa shape index (κ3) is 5.01. The van der Waals surface area contributed by atoms with Crippen molar-refractivity contribution in [1.82, 2.24) is 0 Å². The molecule has 0 fully saturated rings. The monoisotopic (exact) mass is 480 g/mol. The molecule has 1 amide bonds. The average Bonchev–Trinajstić information content (AvgIpc) is 2.70. The van der Waals surface area contributed by atoms with E-state index in [0.29, 0.717) is 10.7 Å². The van der Waals surface area contributed by atoms with E-state index in [2.05, 4.69) is 5.32 Å². The van der Waals surface area contributed by atoms with Crippen LogP contribution < -0.4 is 9.62 Å². The molecule has 0 aromatic heterocycles. The second-order valence-corrected chi connectivity index (χ2v) is 9.43. The quantitative estimate of drug-likeness (QED) is 0.476. The van der Waals surface area contributed by atoms with Crippen LogP contribution in [0.25, 0.3) is 0 Å². The van der Waals surface area contributed by atoms with Crippen LogP contribution in [0.2, 0.25) is 10.0 Å². The molecule has 0 saturated carbocycles. The van der Waals surface area contributed by atoms with Crippen LogP contribution in [0.4, 0.5) is 15.8 Å². The molecule has 0 aliphatic carbocycles. The molecule has 9 heteroatoms. The van der Waals surface area contributed by atoms with Gasteiger partial charge in [-0.05, 0) is 67.9 Å². The summed E-state index contributed by atoms with van der Waals surface area (Å²) in [5.41, 5.74) is 1.17. The van der Waals surface area contributed by atoms with Crippen LogP contribution in [-0.4, -0.2) is 20.9 Å². The molecule has 0 aliphatic rings. The lowest BCUT2D eigenvalue weighted by Crippen LogP contribution is -2.31. The normalized spacial score (nSPS) is 11.3. The summed E-state index contributed by atoms with van der Waals surface area (Å²) in [6, 6.07) is 14.5. The van der Waals surface area contributed by atoms with Crippen molar-refractivity contribution in [2.75, 3.05) is 16.2 Å². The van der Waals surface area contributed by atoms with E-state index in [0.717, 1.165) is 23.8 Å². The number of aryl methyl sites for hydroxylation is 1. The van der Waals surface area contributed by atoms with Gasteiger partial charge in [-0.2, -0.15) is 0 Å². The Balaban J connectivity index is 1.98. The molecule has 5 nitrogen and oxygen atoms in total. The van der Waals surface area contributed by atoms with E-state index < -0.39 is 27.3 Å². The van der Waals surface area contributed by atoms with Gasteiger partial charge in [0.1, 0.15) is 5.82 Å². The molecule has 0 spiro atoms. The predicted molar refractivity (Wildman–Crippen MR) is 122 cm³/mol. The summed E-state index contributed by atoms with van der Waals surface area (Å²) in [5.74, 6) is -1.70. The number of rotatable bonds is 6. The Kier molecular flexibility index (Phi) is 6.89. The Morgan fingerprint density at radius 2 is 1.81 bits per heavy atom. The van der Waals surface area contributed by atoms with E-state index >= 15 is 0 Å². The van der Waals surface area contributed by atoms with Crippen LogP contribution in [0.3, 0.4) is 0 Å². The zero-order valence-electron chi connectivity index (χ0n) is 16.7. The van der Waals surface area contributed by atoms with Crippen LogP contribution in [0.5, 0.6) is 0 Å². The summed E-state index contributed by atoms with van der Waals surface area (Å²) in [6.45, 7) is 3.71. The number of carbonyl (C=O) groups excluding carboxylic acids is 1. The molecule has 0 heterocycles. The molecule has 0 bridgehead atoms. The zero-order valence-corrected chi connectivity index (χ0v) is 19.0. The highest BCUT2D eigenvalue weighted by Gasteiger charge is 2.26. The first kappa shape index (κ1) is 23.1. The minimum absolute atomic E-state index is 0.158. The number of hydrogen-bond acceptors (Lipinski definition) is 3. The summed E-state index contributed by atoms with van der Waals surface area (Å²) >= 11 is 11.9. The maximum atomic E-state index is 14.4. The minimum Gasteiger partial charge on any atom is -0.321 e. The van der Waals surface area contributed by atoms with Gasteiger partial charge in [0.25, 0.3) is 15.9 Å². The fourth-order valence-electron chi connectivity index (χ4n) is 3.02. The smallest absolute Gasteiger partial charge is 0.264 e. The SMILES string of the molecule is CCN(c1cccc(C)c1)S(=O)(=O)c1ccc(F)c(C(=O)Nc2ccc(Cl)cc2Cl)c1. The first-order valence-electron chi connectivity index (χ1n) is 9.29. The van der Waals surface area contributed by atoms with Crippen molar-refractivity contribution in [3.63, 3.8) is 0 Å². The molecule has 31 heavy (non-hydrogen) atoms. The Labute approximate surface area is 190 Å². The lowest BCUT2D eigenvalue weighted by molar-refractivity contribution is 0.102. The number of anilines is 2. The first-order chi connectivity index (χ1) is 14.6. The maximum Gasteiger partial charge on any atom is 0.264 e. The summed E-state index contributed by atoms with van der Waals surface area (Å²) in [6.07, 6.45) is 0. The Morgan fingerprint density at radius 1 is 1.06 bits per heavy atom.